The molecule has 0 saturated carbocycles. The molecule has 5 atom stereocenters. The highest BCUT2D eigenvalue weighted by molar-refractivity contribution is 8.00. The monoisotopic (exact) mass is 562 g/mol. The van der Waals surface area contributed by atoms with Gasteiger partial charge in [0.25, 0.3) is 0 Å². The minimum Gasteiger partial charge on any atom is -0.392 e. The lowest BCUT2D eigenvalue weighted by atomic mass is 9.94. The maximum absolute atomic E-state index is 11.6. The first kappa shape index (κ1) is 29.4. The van der Waals surface area contributed by atoms with Crippen LogP contribution in [0.15, 0.2) is 48.5 Å². The molecule has 2 saturated heterocycles. The van der Waals surface area contributed by atoms with Crippen molar-refractivity contribution in [3.05, 3.63) is 70.8 Å². The van der Waals surface area contributed by atoms with Crippen LogP contribution in [0.5, 0.6) is 0 Å². The van der Waals surface area contributed by atoms with Crippen molar-refractivity contribution in [2.75, 3.05) is 23.0 Å². The van der Waals surface area contributed by atoms with E-state index in [1.165, 1.54) is 11.1 Å². The van der Waals surface area contributed by atoms with E-state index in [1.807, 2.05) is 62.0 Å². The number of hydrogen-bond acceptors (Lipinski definition) is 6. The van der Waals surface area contributed by atoms with Crippen LogP contribution in [0.2, 0.25) is 0 Å². The Bertz CT molecular complexity index is 1040. The summed E-state index contributed by atoms with van der Waals surface area (Å²) in [7, 11) is 0. The van der Waals surface area contributed by atoms with Crippen LogP contribution >= 0.6 is 48.8 Å². The molecule has 2 fully saturated rings. The van der Waals surface area contributed by atoms with Crippen molar-refractivity contribution in [1.29, 1.82) is 0 Å². The first-order valence-corrected chi connectivity index (χ1v) is 15.4. The van der Waals surface area contributed by atoms with Crippen molar-refractivity contribution in [1.82, 2.24) is 0 Å². The van der Waals surface area contributed by atoms with Crippen molar-refractivity contribution in [2.45, 2.75) is 44.6 Å². The summed E-state index contributed by atoms with van der Waals surface area (Å²) in [6, 6.07) is 16.0. The summed E-state index contributed by atoms with van der Waals surface area (Å²) in [6.45, 7) is 3.71. The van der Waals surface area contributed by atoms with E-state index in [0.29, 0.717) is 17.5 Å². The molecule has 1 N–H and O–H groups in total. The van der Waals surface area contributed by atoms with Gasteiger partial charge in [-0.05, 0) is 46.8 Å². The van der Waals surface area contributed by atoms with Crippen molar-refractivity contribution in [2.24, 2.45) is 11.8 Å². The first-order chi connectivity index (χ1) is 17.2. The van der Waals surface area contributed by atoms with Gasteiger partial charge in [0.2, 0.25) is 0 Å². The Labute approximate surface area is 233 Å². The van der Waals surface area contributed by atoms with Gasteiger partial charge in [0.1, 0.15) is 5.78 Å². The van der Waals surface area contributed by atoms with E-state index in [1.54, 1.807) is 11.8 Å². The molecule has 0 aliphatic carbocycles. The van der Waals surface area contributed by atoms with E-state index in [9.17, 15) is 19.5 Å². The molecule has 5 unspecified atom stereocenters. The van der Waals surface area contributed by atoms with Crippen molar-refractivity contribution in [3.8, 4) is 0 Å². The maximum atomic E-state index is 11.6. The van der Waals surface area contributed by atoms with Gasteiger partial charge in [0, 0.05) is 17.4 Å². The molecule has 2 aliphatic heterocycles. The van der Waals surface area contributed by atoms with Gasteiger partial charge in [-0.1, -0.05) is 62.4 Å². The molecule has 4 nitrogen and oxygen atoms in total. The van der Waals surface area contributed by atoms with Crippen LogP contribution in [0.1, 0.15) is 47.9 Å². The van der Waals surface area contributed by atoms with E-state index in [2.05, 4.69) is 37.4 Å². The fourth-order valence-electron chi connectivity index (χ4n) is 4.22. The smallest absolute Gasteiger partial charge is 0.193 e. The second-order valence-electron chi connectivity index (χ2n) is 9.55. The lowest BCUT2D eigenvalue weighted by molar-refractivity contribution is -0.119. The quantitative estimate of drug-likeness (QED) is 0.383. The van der Waals surface area contributed by atoms with Crippen LogP contribution in [0.3, 0.4) is 0 Å². The molecule has 2 heterocycles. The third-order valence-electron chi connectivity index (χ3n) is 6.86. The van der Waals surface area contributed by atoms with Crippen LogP contribution in [0.25, 0.3) is 0 Å². The zero-order valence-electron chi connectivity index (χ0n) is 20.6. The Morgan fingerprint density at radius 1 is 0.833 bits per heavy atom. The Morgan fingerprint density at radius 3 is 1.72 bits per heavy atom. The molecule has 36 heavy (non-hydrogen) atoms. The van der Waals surface area contributed by atoms with Crippen LogP contribution < -0.4 is 0 Å². The first-order valence-electron chi connectivity index (χ1n) is 12.1. The Balaban J connectivity index is 0.000000201. The number of hydrogen-bond donors (Lipinski definition) is 3. The summed E-state index contributed by atoms with van der Waals surface area (Å²) in [6.07, 6.45) is 1.56. The summed E-state index contributed by atoms with van der Waals surface area (Å²) in [5.41, 5.74) is 4.37. The lowest BCUT2D eigenvalue weighted by Crippen LogP contribution is -2.19. The zero-order chi connectivity index (χ0) is 26.2. The number of carbonyl (C=O) groups is 3. The van der Waals surface area contributed by atoms with Gasteiger partial charge < -0.3 is 5.11 Å². The van der Waals surface area contributed by atoms with Gasteiger partial charge in [-0.2, -0.15) is 23.5 Å². The Morgan fingerprint density at radius 2 is 1.33 bits per heavy atom. The molecule has 4 rings (SSSR count). The Kier molecular flexibility index (Phi) is 11.5. The van der Waals surface area contributed by atoms with E-state index in [0.717, 1.165) is 41.2 Å². The molecular weight excluding hydrogens is 529 g/mol. The van der Waals surface area contributed by atoms with E-state index in [4.69, 9.17) is 0 Å². The van der Waals surface area contributed by atoms with Crippen LogP contribution in [0.4, 0.5) is 0 Å². The summed E-state index contributed by atoms with van der Waals surface area (Å²) in [5.74, 6) is 4.06. The number of thioether (sulfide) groups is 2. The molecule has 0 spiro atoms. The molecule has 0 bridgehead atoms. The largest absolute Gasteiger partial charge is 0.392 e. The number of benzene rings is 2. The predicted molar refractivity (Wildman–Crippen MR) is 158 cm³/mol. The van der Waals surface area contributed by atoms with Crippen LogP contribution in [-0.4, -0.2) is 50.2 Å². The lowest BCUT2D eigenvalue weighted by Gasteiger charge is -2.14. The predicted octanol–water partition coefficient (Wildman–Crippen LogP) is 5.23. The number of thiol groups is 2. The van der Waals surface area contributed by atoms with Gasteiger partial charge >= 0.3 is 0 Å². The molecule has 2 aromatic carbocycles. The molecule has 2 aliphatic rings. The molecule has 2 aromatic rings. The number of Topliss-reactive ketones (excluding diaryl/α,β-unsaturated/α-hetero) is 1. The highest BCUT2D eigenvalue weighted by Gasteiger charge is 2.26. The average molecular weight is 563 g/mol. The molecular formula is C28H34O4S4. The number of aliphatic hydroxyl groups is 1. The third-order valence-corrected chi connectivity index (χ3v) is 10.0. The summed E-state index contributed by atoms with van der Waals surface area (Å²) in [4.78, 5) is 33.9. The Hall–Kier alpha value is -1.19. The number of rotatable bonds is 8. The summed E-state index contributed by atoms with van der Waals surface area (Å²) >= 11 is 11.2. The van der Waals surface area contributed by atoms with Crippen LogP contribution in [0, 0.1) is 11.8 Å². The minimum atomic E-state index is -0.175. The van der Waals surface area contributed by atoms with E-state index < -0.39 is 0 Å². The second-order valence-corrected chi connectivity index (χ2v) is 12.5. The number of carbonyl (C=O) groups excluding carboxylic acids is 3. The van der Waals surface area contributed by atoms with Crippen LogP contribution in [-0.2, 0) is 27.2 Å². The van der Waals surface area contributed by atoms with E-state index in [-0.39, 0.29) is 34.1 Å². The molecule has 8 heteroatoms. The van der Waals surface area contributed by atoms with Crippen molar-refractivity contribution >= 4 is 64.8 Å². The highest BCUT2D eigenvalue weighted by Crippen LogP contribution is 2.28. The summed E-state index contributed by atoms with van der Waals surface area (Å²) in [5, 5.41) is 9.56. The van der Waals surface area contributed by atoms with Gasteiger partial charge in [-0.3, -0.25) is 14.4 Å². The minimum absolute atomic E-state index is 0.106. The third kappa shape index (κ3) is 8.42. The molecule has 0 amide bonds. The SMILES string of the molecule is CC(C(=O)S)c1ccc(CC2CSCC2=O)cc1.CC(C(=O)S)c1ccc(CC2CSCC2O)cc1. The average Bonchev–Trinajstić information content (AvgIpc) is 3.46. The maximum Gasteiger partial charge on any atom is 0.193 e. The van der Waals surface area contributed by atoms with Gasteiger partial charge in [-0.25, -0.2) is 0 Å². The fraction of sp³-hybridized carbons (Fsp3) is 0.464. The van der Waals surface area contributed by atoms with Gasteiger partial charge in [0.05, 0.1) is 23.7 Å². The number of ketones is 1. The molecule has 0 radical (unpaired) electrons. The van der Waals surface area contributed by atoms with Crippen molar-refractivity contribution < 1.29 is 19.5 Å². The summed E-state index contributed by atoms with van der Waals surface area (Å²) < 4.78 is 0. The highest BCUT2D eigenvalue weighted by atomic mass is 32.2. The van der Waals surface area contributed by atoms with E-state index >= 15 is 0 Å². The standard InChI is InChI=1S/C14H18O2S2.C14H16O2S2/c2*1-9(14(16)17)11-4-2-10(3-5-11)6-12-7-18-8-13(12)15/h2-5,9,12-13,15H,6-8H2,1H3,(H,16,17);2-5,9,12H,6-8H2,1H3,(H,16,17). The number of aliphatic hydroxyl groups excluding tert-OH is 1. The molecule has 194 valence electrons. The molecule has 0 aromatic heterocycles. The topological polar surface area (TPSA) is 71.4 Å². The van der Waals surface area contributed by atoms with Gasteiger partial charge in [0.15, 0.2) is 10.2 Å². The zero-order valence-corrected chi connectivity index (χ0v) is 24.1. The second kappa shape index (κ2) is 14.1. The van der Waals surface area contributed by atoms with Gasteiger partial charge in [-0.15, -0.1) is 25.3 Å². The van der Waals surface area contributed by atoms with Crippen molar-refractivity contribution in [3.63, 3.8) is 0 Å². The normalized spacial score (nSPS) is 23.0. The fourth-order valence-corrected chi connectivity index (χ4v) is 6.96.